The molecule has 1 N–H and O–H groups in total. The largest absolute Gasteiger partial charge is 0.478 e. The summed E-state index contributed by atoms with van der Waals surface area (Å²) in [6.07, 6.45) is 7.32. The zero-order chi connectivity index (χ0) is 11.5. The lowest BCUT2D eigenvalue weighted by atomic mass is 9.86. The van der Waals surface area contributed by atoms with Crippen molar-refractivity contribution in [3.05, 3.63) is 28.5 Å². The molecule has 1 saturated carbocycles. The Hall–Kier alpha value is -1.09. The molecule has 0 radical (unpaired) electrons. The van der Waals surface area contributed by atoms with E-state index in [0.29, 0.717) is 10.9 Å². The summed E-state index contributed by atoms with van der Waals surface area (Å²) in [5, 5.41) is 9.30. The number of rotatable bonds is 2. The highest BCUT2D eigenvalue weighted by atomic mass is 35.5. The van der Waals surface area contributed by atoms with E-state index in [4.69, 9.17) is 16.7 Å². The number of carboxylic acids is 1. The van der Waals surface area contributed by atoms with Gasteiger partial charge in [-0.3, -0.25) is 4.98 Å². The summed E-state index contributed by atoms with van der Waals surface area (Å²) >= 11 is 6.08. The van der Waals surface area contributed by atoms with Gasteiger partial charge < -0.3 is 5.11 Å². The van der Waals surface area contributed by atoms with Gasteiger partial charge in [-0.15, -0.1) is 0 Å². The summed E-state index contributed by atoms with van der Waals surface area (Å²) in [7, 11) is 0. The van der Waals surface area contributed by atoms with E-state index in [1.807, 2.05) is 0 Å². The topological polar surface area (TPSA) is 50.2 Å². The van der Waals surface area contributed by atoms with E-state index < -0.39 is 5.97 Å². The third-order valence-corrected chi connectivity index (χ3v) is 3.41. The third-order valence-electron chi connectivity index (χ3n) is 3.11. The van der Waals surface area contributed by atoms with Crippen LogP contribution in [0, 0.1) is 0 Å². The van der Waals surface area contributed by atoms with Crippen molar-refractivity contribution in [2.24, 2.45) is 0 Å². The molecule has 16 heavy (non-hydrogen) atoms. The lowest BCUT2D eigenvalue weighted by Gasteiger charge is -2.21. The molecule has 0 aliphatic heterocycles. The number of nitrogens with zero attached hydrogens (tertiary/aromatic N) is 1. The molecule has 1 aromatic heterocycles. The highest BCUT2D eigenvalue weighted by Crippen LogP contribution is 2.35. The van der Waals surface area contributed by atoms with Crippen molar-refractivity contribution in [2.45, 2.75) is 38.0 Å². The van der Waals surface area contributed by atoms with Crippen LogP contribution in [-0.2, 0) is 0 Å². The molecule has 1 aromatic rings. The first-order valence-corrected chi connectivity index (χ1v) is 5.95. The number of carbonyl (C=O) groups is 1. The maximum absolute atomic E-state index is 10.7. The molecule has 4 heteroatoms. The van der Waals surface area contributed by atoms with Crippen LogP contribution in [-0.4, -0.2) is 16.1 Å². The molecule has 0 bridgehead atoms. The van der Waals surface area contributed by atoms with Crippen LogP contribution in [0.25, 0.3) is 0 Å². The first-order chi connectivity index (χ1) is 7.68. The number of halogens is 1. The number of aromatic nitrogens is 1. The van der Waals surface area contributed by atoms with Crippen molar-refractivity contribution in [3.8, 4) is 0 Å². The molecule has 0 aromatic carbocycles. The smallest absolute Gasteiger partial charge is 0.337 e. The predicted molar refractivity (Wildman–Crippen MR) is 62.0 cm³/mol. The second kappa shape index (κ2) is 4.83. The molecule has 0 spiro atoms. The standard InChI is InChI=1S/C12H14ClNO2/c13-10-6-9(12(15)16)7-14-11(10)8-4-2-1-3-5-8/h6-8H,1-5H2,(H,15,16). The number of aromatic carboxylic acids is 1. The molecular weight excluding hydrogens is 226 g/mol. The molecule has 1 aliphatic carbocycles. The molecule has 0 saturated heterocycles. The van der Waals surface area contributed by atoms with Crippen LogP contribution in [0.2, 0.25) is 5.02 Å². The SMILES string of the molecule is O=C(O)c1cnc(C2CCCCC2)c(Cl)c1. The Bertz CT molecular complexity index is 400. The van der Waals surface area contributed by atoms with Crippen molar-refractivity contribution in [3.63, 3.8) is 0 Å². The van der Waals surface area contributed by atoms with Gasteiger partial charge in [0.05, 0.1) is 16.3 Å². The van der Waals surface area contributed by atoms with Crippen LogP contribution >= 0.6 is 11.6 Å². The number of carboxylic acid groups (broad SMARTS) is 1. The molecule has 1 heterocycles. The van der Waals surface area contributed by atoms with E-state index in [0.717, 1.165) is 18.5 Å². The van der Waals surface area contributed by atoms with Gasteiger partial charge >= 0.3 is 5.97 Å². The molecule has 1 fully saturated rings. The minimum absolute atomic E-state index is 0.157. The molecular formula is C12H14ClNO2. The van der Waals surface area contributed by atoms with Crippen molar-refractivity contribution in [1.82, 2.24) is 4.98 Å². The summed E-state index contributed by atoms with van der Waals surface area (Å²) in [4.78, 5) is 15.0. The zero-order valence-electron chi connectivity index (χ0n) is 8.95. The highest BCUT2D eigenvalue weighted by Gasteiger charge is 2.20. The minimum atomic E-state index is -0.982. The summed E-state index contributed by atoms with van der Waals surface area (Å²) in [5.41, 5.74) is 1.02. The molecule has 0 unspecified atom stereocenters. The average molecular weight is 240 g/mol. The molecule has 2 rings (SSSR count). The van der Waals surface area contributed by atoms with Gasteiger partial charge in [0.15, 0.2) is 0 Å². The summed E-state index contributed by atoms with van der Waals surface area (Å²) in [6.45, 7) is 0. The van der Waals surface area contributed by atoms with Crippen LogP contribution in [0.15, 0.2) is 12.3 Å². The van der Waals surface area contributed by atoms with Gasteiger partial charge in [0.2, 0.25) is 0 Å². The fourth-order valence-corrected chi connectivity index (χ4v) is 2.56. The van der Waals surface area contributed by atoms with E-state index >= 15 is 0 Å². The van der Waals surface area contributed by atoms with Crippen LogP contribution in [0.3, 0.4) is 0 Å². The Labute approximate surface area is 99.5 Å². The lowest BCUT2D eigenvalue weighted by Crippen LogP contribution is -2.08. The second-order valence-corrected chi connectivity index (χ2v) is 4.64. The van der Waals surface area contributed by atoms with Crippen LogP contribution in [0.1, 0.15) is 54.1 Å². The monoisotopic (exact) mass is 239 g/mol. The third kappa shape index (κ3) is 2.35. The van der Waals surface area contributed by atoms with Crippen molar-refractivity contribution in [1.29, 1.82) is 0 Å². The fraction of sp³-hybridized carbons (Fsp3) is 0.500. The number of pyridine rings is 1. The molecule has 3 nitrogen and oxygen atoms in total. The van der Waals surface area contributed by atoms with Crippen LogP contribution < -0.4 is 0 Å². The van der Waals surface area contributed by atoms with E-state index in [1.54, 1.807) is 0 Å². The van der Waals surface area contributed by atoms with Gasteiger partial charge in [-0.05, 0) is 18.9 Å². The molecule has 0 atom stereocenters. The Morgan fingerprint density at radius 1 is 1.38 bits per heavy atom. The normalized spacial score (nSPS) is 17.3. The van der Waals surface area contributed by atoms with Crippen molar-refractivity contribution < 1.29 is 9.90 Å². The summed E-state index contributed by atoms with van der Waals surface area (Å²) in [5.74, 6) is -0.575. The quantitative estimate of drug-likeness (QED) is 0.860. The van der Waals surface area contributed by atoms with Crippen LogP contribution in [0.4, 0.5) is 0 Å². The summed E-state index contributed by atoms with van der Waals surface area (Å²) in [6, 6.07) is 1.50. The van der Waals surface area contributed by atoms with Crippen LogP contribution in [0.5, 0.6) is 0 Å². The minimum Gasteiger partial charge on any atom is -0.478 e. The van der Waals surface area contributed by atoms with Crippen molar-refractivity contribution >= 4 is 17.6 Å². The van der Waals surface area contributed by atoms with Gasteiger partial charge in [0.1, 0.15) is 0 Å². The molecule has 86 valence electrons. The zero-order valence-corrected chi connectivity index (χ0v) is 9.70. The van der Waals surface area contributed by atoms with E-state index in [1.165, 1.54) is 31.5 Å². The second-order valence-electron chi connectivity index (χ2n) is 4.23. The van der Waals surface area contributed by atoms with Gasteiger partial charge in [-0.25, -0.2) is 4.79 Å². The maximum atomic E-state index is 10.7. The molecule has 1 aliphatic rings. The average Bonchev–Trinajstić information content (AvgIpc) is 2.30. The van der Waals surface area contributed by atoms with Gasteiger partial charge in [-0.1, -0.05) is 30.9 Å². The highest BCUT2D eigenvalue weighted by molar-refractivity contribution is 6.31. The Kier molecular flexibility index (Phi) is 3.44. The lowest BCUT2D eigenvalue weighted by molar-refractivity contribution is 0.0696. The maximum Gasteiger partial charge on any atom is 0.337 e. The Morgan fingerprint density at radius 2 is 2.06 bits per heavy atom. The molecule has 0 amide bonds. The first-order valence-electron chi connectivity index (χ1n) is 5.57. The van der Waals surface area contributed by atoms with Gasteiger partial charge in [0.25, 0.3) is 0 Å². The Morgan fingerprint density at radius 3 is 2.62 bits per heavy atom. The number of hydrogen-bond donors (Lipinski definition) is 1. The fourth-order valence-electron chi connectivity index (χ4n) is 2.24. The van der Waals surface area contributed by atoms with Crippen molar-refractivity contribution in [2.75, 3.05) is 0 Å². The van der Waals surface area contributed by atoms with E-state index in [-0.39, 0.29) is 5.56 Å². The van der Waals surface area contributed by atoms with E-state index in [2.05, 4.69) is 4.98 Å². The van der Waals surface area contributed by atoms with Gasteiger partial charge in [0, 0.05) is 12.1 Å². The predicted octanol–water partition coefficient (Wildman–Crippen LogP) is 3.48. The first kappa shape index (κ1) is 11.4. The number of hydrogen-bond acceptors (Lipinski definition) is 2. The van der Waals surface area contributed by atoms with E-state index in [9.17, 15) is 4.79 Å². The Balaban J connectivity index is 2.24. The summed E-state index contributed by atoms with van der Waals surface area (Å²) < 4.78 is 0. The van der Waals surface area contributed by atoms with Gasteiger partial charge in [-0.2, -0.15) is 0 Å².